The highest BCUT2D eigenvalue weighted by Crippen LogP contribution is 1.96. The predicted molar refractivity (Wildman–Crippen MR) is 28.9 cm³/mol. The van der Waals surface area contributed by atoms with Crippen LogP contribution in [-0.2, 0) is 9.84 Å². The van der Waals surface area contributed by atoms with Crippen LogP contribution in [0.2, 0.25) is 0 Å². The van der Waals surface area contributed by atoms with Crippen LogP contribution in [0.15, 0.2) is 0 Å². The highest BCUT2D eigenvalue weighted by molar-refractivity contribution is 7.95. The number of sulfone groups is 1. The Hall–Kier alpha value is -0.0500. The fourth-order valence-electron chi connectivity index (χ4n) is 0.136. The van der Waals surface area contributed by atoms with Crippen molar-refractivity contribution in [1.82, 2.24) is 0 Å². The van der Waals surface area contributed by atoms with Crippen LogP contribution in [-0.4, -0.2) is 8.42 Å². The molecule has 0 aliphatic carbocycles. The van der Waals surface area contributed by atoms with Gasteiger partial charge in [-0.15, -0.1) is 0 Å². The highest BCUT2D eigenvalue weighted by Gasteiger charge is 2.00. The van der Waals surface area contributed by atoms with E-state index in [0.29, 0.717) is 0 Å². The zero-order valence-corrected chi connectivity index (χ0v) is 5.20. The van der Waals surface area contributed by atoms with E-state index in [4.69, 9.17) is 0 Å². The predicted octanol–water partition coefficient (Wildman–Crippen LogP) is 0.765. The summed E-state index contributed by atoms with van der Waals surface area (Å²) in [6.45, 7) is 2.99. The summed E-state index contributed by atoms with van der Waals surface area (Å²) in [5.74, 6) is 2.32. The third-order valence-corrected chi connectivity index (χ3v) is 1.97. The van der Waals surface area contributed by atoms with E-state index in [9.17, 15) is 8.42 Å². The molecule has 0 heterocycles. The zero-order chi connectivity index (χ0) is 5.91. The average molecular weight is 120 g/mol. The maximum atomic E-state index is 10.3. The minimum absolute atomic E-state index is 1.16. The Morgan fingerprint density at radius 2 is 1.43 bits per heavy atom. The van der Waals surface area contributed by atoms with Gasteiger partial charge in [0.2, 0.25) is 0 Å². The van der Waals surface area contributed by atoms with Crippen LogP contribution in [0.4, 0.5) is 0 Å². The van der Waals surface area contributed by atoms with Crippen molar-refractivity contribution in [1.29, 1.82) is 0 Å². The Labute approximate surface area is 44.5 Å². The fourth-order valence-corrected chi connectivity index (χ4v) is 0.408. The van der Waals surface area contributed by atoms with Crippen molar-refractivity contribution < 1.29 is 8.42 Å². The third-order valence-electron chi connectivity index (χ3n) is 0.657. The molecular formula is C4H8O2S. The van der Waals surface area contributed by atoms with Crippen molar-refractivity contribution in [3.63, 3.8) is 0 Å². The van der Waals surface area contributed by atoms with Crippen molar-refractivity contribution in [3.8, 4) is 0 Å². The molecule has 42 valence electrons. The van der Waals surface area contributed by atoms with Crippen molar-refractivity contribution in [3.05, 3.63) is 11.5 Å². The van der Waals surface area contributed by atoms with Gasteiger partial charge in [-0.05, 0) is 13.8 Å². The number of hydrogen-bond acceptors (Lipinski definition) is 2. The van der Waals surface area contributed by atoms with Gasteiger partial charge >= 0.3 is 0 Å². The van der Waals surface area contributed by atoms with E-state index in [0.717, 1.165) is 11.5 Å². The lowest BCUT2D eigenvalue weighted by Crippen LogP contribution is -1.93. The second kappa shape index (κ2) is 2.31. The molecular weight excluding hydrogens is 112 g/mol. The summed E-state index contributed by atoms with van der Waals surface area (Å²) in [7, 11) is -2.91. The van der Waals surface area contributed by atoms with Gasteiger partial charge in [-0.1, -0.05) is 0 Å². The van der Waals surface area contributed by atoms with Gasteiger partial charge in [-0.25, -0.2) is 8.42 Å². The molecule has 3 heteroatoms. The molecule has 0 aliphatic rings. The van der Waals surface area contributed by atoms with Crippen LogP contribution < -0.4 is 0 Å². The summed E-state index contributed by atoms with van der Waals surface area (Å²) in [5, 5.41) is 0. The first-order valence-electron chi connectivity index (χ1n) is 1.96. The van der Waals surface area contributed by atoms with E-state index in [2.05, 4.69) is 0 Å². The van der Waals surface area contributed by atoms with Crippen molar-refractivity contribution in [2.24, 2.45) is 0 Å². The SMILES string of the molecule is C[CH]S(=O)(=O)[CH]C. The Kier molecular flexibility index (Phi) is 2.29. The molecule has 0 aromatic heterocycles. The number of hydrogen-bond donors (Lipinski definition) is 0. The van der Waals surface area contributed by atoms with Gasteiger partial charge in [0, 0.05) is 0 Å². The van der Waals surface area contributed by atoms with Crippen LogP contribution in [0, 0.1) is 11.5 Å². The molecule has 0 bridgehead atoms. The second-order valence-corrected chi connectivity index (χ2v) is 3.18. The van der Waals surface area contributed by atoms with Crippen LogP contribution in [0.25, 0.3) is 0 Å². The summed E-state index contributed by atoms with van der Waals surface area (Å²) in [4.78, 5) is 0. The number of rotatable bonds is 2. The maximum absolute atomic E-state index is 10.3. The zero-order valence-electron chi connectivity index (χ0n) is 4.38. The molecule has 0 rings (SSSR count). The van der Waals surface area contributed by atoms with E-state index in [1.165, 1.54) is 13.8 Å². The van der Waals surface area contributed by atoms with Crippen molar-refractivity contribution in [2.45, 2.75) is 13.8 Å². The summed E-state index contributed by atoms with van der Waals surface area (Å²) in [6.07, 6.45) is 0. The van der Waals surface area contributed by atoms with Crippen LogP contribution in [0.3, 0.4) is 0 Å². The third kappa shape index (κ3) is 2.62. The van der Waals surface area contributed by atoms with E-state index >= 15 is 0 Å². The molecule has 0 amide bonds. The maximum Gasteiger partial charge on any atom is 0.158 e. The normalized spacial score (nSPS) is 11.7. The lowest BCUT2D eigenvalue weighted by Gasteiger charge is -1.87. The monoisotopic (exact) mass is 120 g/mol. The molecule has 0 spiro atoms. The first kappa shape index (κ1) is 6.95. The summed E-state index contributed by atoms with van der Waals surface area (Å²) in [5.41, 5.74) is 0. The van der Waals surface area contributed by atoms with Gasteiger partial charge in [-0.2, -0.15) is 0 Å². The van der Waals surface area contributed by atoms with Crippen molar-refractivity contribution in [2.75, 3.05) is 0 Å². The smallest absolute Gasteiger partial charge is 0.158 e. The first-order valence-corrected chi connectivity index (χ1v) is 3.57. The molecule has 0 aromatic carbocycles. The Morgan fingerprint density at radius 3 is 1.43 bits per heavy atom. The van der Waals surface area contributed by atoms with E-state index in [1.807, 2.05) is 0 Å². The Bertz CT molecular complexity index is 113. The van der Waals surface area contributed by atoms with Gasteiger partial charge < -0.3 is 0 Å². The van der Waals surface area contributed by atoms with E-state index < -0.39 is 9.84 Å². The Balaban J connectivity index is 3.89. The van der Waals surface area contributed by atoms with Gasteiger partial charge in [0.25, 0.3) is 0 Å². The molecule has 2 radical (unpaired) electrons. The molecule has 2 nitrogen and oxygen atoms in total. The van der Waals surface area contributed by atoms with Gasteiger partial charge in [-0.3, -0.25) is 0 Å². The largest absolute Gasteiger partial charge is 0.228 e. The van der Waals surface area contributed by atoms with Crippen LogP contribution in [0.5, 0.6) is 0 Å². The second-order valence-electron chi connectivity index (χ2n) is 1.06. The molecule has 7 heavy (non-hydrogen) atoms. The summed E-state index contributed by atoms with van der Waals surface area (Å²) in [6, 6.07) is 0. The lowest BCUT2D eigenvalue weighted by molar-refractivity contribution is 0.607. The van der Waals surface area contributed by atoms with Gasteiger partial charge in [0.15, 0.2) is 9.84 Å². The molecule has 0 unspecified atom stereocenters. The van der Waals surface area contributed by atoms with Crippen LogP contribution in [0.1, 0.15) is 13.8 Å². The van der Waals surface area contributed by atoms with E-state index in [-0.39, 0.29) is 0 Å². The summed E-state index contributed by atoms with van der Waals surface area (Å²) < 4.78 is 20.5. The highest BCUT2D eigenvalue weighted by atomic mass is 32.2. The molecule has 0 aliphatic heterocycles. The molecule has 0 atom stereocenters. The lowest BCUT2D eigenvalue weighted by atomic mass is 11.0. The van der Waals surface area contributed by atoms with Gasteiger partial charge in [0.05, 0.1) is 11.5 Å². The molecule has 0 aromatic rings. The molecule has 0 fully saturated rings. The quantitative estimate of drug-likeness (QED) is 0.539. The molecule has 0 N–H and O–H groups in total. The topological polar surface area (TPSA) is 34.1 Å². The Morgan fingerprint density at radius 1 is 1.14 bits per heavy atom. The van der Waals surface area contributed by atoms with Crippen molar-refractivity contribution >= 4 is 9.84 Å². The van der Waals surface area contributed by atoms with E-state index in [1.54, 1.807) is 0 Å². The summed E-state index contributed by atoms with van der Waals surface area (Å²) >= 11 is 0. The fraction of sp³-hybridized carbons (Fsp3) is 0.500. The minimum atomic E-state index is -2.91. The molecule has 0 saturated carbocycles. The standard InChI is InChI=1S/C4H8O2S/c1-3-7(5,6)4-2/h3-4H,1-2H3. The molecule has 0 saturated heterocycles. The van der Waals surface area contributed by atoms with Gasteiger partial charge in [0.1, 0.15) is 0 Å². The average Bonchev–Trinajstić information content (AvgIpc) is 1.68. The first-order chi connectivity index (χ1) is 3.12. The van der Waals surface area contributed by atoms with Crippen LogP contribution >= 0.6 is 0 Å². The minimum Gasteiger partial charge on any atom is -0.228 e.